The largest absolute Gasteiger partial charge is 0.322 e. The normalized spacial score (nSPS) is 10.6. The first-order valence-corrected chi connectivity index (χ1v) is 6.79. The lowest BCUT2D eigenvalue weighted by Gasteiger charge is -2.07. The molecule has 2 aromatic carbocycles. The fourth-order valence-corrected chi connectivity index (χ4v) is 2.08. The van der Waals surface area contributed by atoms with Gasteiger partial charge >= 0.3 is 0 Å². The van der Waals surface area contributed by atoms with E-state index in [1.54, 1.807) is 31.2 Å². The Kier molecular flexibility index (Phi) is 3.84. The van der Waals surface area contributed by atoms with Gasteiger partial charge in [0.2, 0.25) is 0 Å². The SMILES string of the molecule is Cc1nc(-c2cccc(NC(=O)c3ccc(F)cc3F)c2)n[nH]1. The number of carbonyl (C=O) groups is 1. The summed E-state index contributed by atoms with van der Waals surface area (Å²) in [6.07, 6.45) is 0. The molecule has 0 atom stereocenters. The second kappa shape index (κ2) is 5.96. The van der Waals surface area contributed by atoms with E-state index in [0.29, 0.717) is 29.0 Å². The second-order valence-electron chi connectivity index (χ2n) is 4.90. The van der Waals surface area contributed by atoms with Gasteiger partial charge in [-0.15, -0.1) is 0 Å². The summed E-state index contributed by atoms with van der Waals surface area (Å²) >= 11 is 0. The van der Waals surface area contributed by atoms with Crippen molar-refractivity contribution >= 4 is 11.6 Å². The van der Waals surface area contributed by atoms with Gasteiger partial charge in [0.15, 0.2) is 5.82 Å². The number of H-pyrrole nitrogens is 1. The van der Waals surface area contributed by atoms with Crippen molar-refractivity contribution in [3.8, 4) is 11.4 Å². The number of benzene rings is 2. The van der Waals surface area contributed by atoms with Crippen molar-refractivity contribution in [2.75, 3.05) is 5.32 Å². The van der Waals surface area contributed by atoms with E-state index in [2.05, 4.69) is 20.5 Å². The quantitative estimate of drug-likeness (QED) is 0.779. The molecule has 1 amide bonds. The lowest BCUT2D eigenvalue weighted by Crippen LogP contribution is -2.13. The van der Waals surface area contributed by atoms with Crippen LogP contribution in [0.4, 0.5) is 14.5 Å². The number of aryl methyl sites for hydroxylation is 1. The first-order valence-electron chi connectivity index (χ1n) is 6.79. The van der Waals surface area contributed by atoms with Gasteiger partial charge in [-0.25, -0.2) is 13.8 Å². The molecule has 0 unspecified atom stereocenters. The number of halogens is 2. The zero-order chi connectivity index (χ0) is 16.4. The maximum Gasteiger partial charge on any atom is 0.258 e. The number of nitrogens with one attached hydrogen (secondary N) is 2. The van der Waals surface area contributed by atoms with Crippen molar-refractivity contribution in [3.05, 3.63) is 65.5 Å². The summed E-state index contributed by atoms with van der Waals surface area (Å²) in [6.45, 7) is 1.78. The van der Waals surface area contributed by atoms with Crippen LogP contribution >= 0.6 is 0 Å². The molecule has 23 heavy (non-hydrogen) atoms. The van der Waals surface area contributed by atoms with Crippen LogP contribution in [0.3, 0.4) is 0 Å². The van der Waals surface area contributed by atoms with E-state index in [1.807, 2.05) is 0 Å². The molecule has 0 bridgehead atoms. The van der Waals surface area contributed by atoms with E-state index in [9.17, 15) is 13.6 Å². The molecule has 1 aromatic heterocycles. The molecule has 0 radical (unpaired) electrons. The number of amides is 1. The Morgan fingerprint density at radius 1 is 1.17 bits per heavy atom. The number of nitrogens with zero attached hydrogens (tertiary/aromatic N) is 2. The minimum Gasteiger partial charge on any atom is -0.322 e. The molecule has 3 rings (SSSR count). The van der Waals surface area contributed by atoms with E-state index in [1.165, 1.54) is 0 Å². The van der Waals surface area contributed by atoms with Crippen molar-refractivity contribution in [2.24, 2.45) is 0 Å². The molecular weight excluding hydrogens is 302 g/mol. The summed E-state index contributed by atoms with van der Waals surface area (Å²) in [5, 5.41) is 9.34. The fraction of sp³-hybridized carbons (Fsp3) is 0.0625. The minimum absolute atomic E-state index is 0.231. The van der Waals surface area contributed by atoms with Crippen molar-refractivity contribution in [1.29, 1.82) is 0 Å². The lowest BCUT2D eigenvalue weighted by atomic mass is 10.1. The van der Waals surface area contributed by atoms with Crippen LogP contribution in [0.15, 0.2) is 42.5 Å². The van der Waals surface area contributed by atoms with Gasteiger partial charge in [0, 0.05) is 17.3 Å². The smallest absolute Gasteiger partial charge is 0.258 e. The average molecular weight is 314 g/mol. The van der Waals surface area contributed by atoms with Gasteiger partial charge in [-0.2, -0.15) is 5.10 Å². The van der Waals surface area contributed by atoms with E-state index < -0.39 is 17.5 Å². The third-order valence-corrected chi connectivity index (χ3v) is 3.15. The van der Waals surface area contributed by atoms with Crippen LogP contribution in [0.2, 0.25) is 0 Å². The number of anilines is 1. The predicted octanol–water partition coefficient (Wildman–Crippen LogP) is 3.31. The van der Waals surface area contributed by atoms with Crippen molar-refractivity contribution in [1.82, 2.24) is 15.2 Å². The summed E-state index contributed by atoms with van der Waals surface area (Å²) in [5.41, 5.74) is 0.927. The van der Waals surface area contributed by atoms with E-state index in [0.717, 1.165) is 12.1 Å². The molecule has 0 aliphatic rings. The highest BCUT2D eigenvalue weighted by molar-refractivity contribution is 6.04. The first-order chi connectivity index (χ1) is 11.0. The Morgan fingerprint density at radius 2 is 2.00 bits per heavy atom. The summed E-state index contributed by atoms with van der Waals surface area (Å²) in [5.74, 6) is -1.15. The van der Waals surface area contributed by atoms with Gasteiger partial charge in [-0.3, -0.25) is 9.89 Å². The van der Waals surface area contributed by atoms with Crippen LogP contribution in [0, 0.1) is 18.6 Å². The minimum atomic E-state index is -0.914. The van der Waals surface area contributed by atoms with Crippen LogP contribution < -0.4 is 5.32 Å². The Morgan fingerprint density at radius 3 is 2.70 bits per heavy atom. The van der Waals surface area contributed by atoms with Crippen molar-refractivity contribution in [2.45, 2.75) is 6.92 Å². The number of hydrogen-bond acceptors (Lipinski definition) is 3. The highest BCUT2D eigenvalue weighted by Crippen LogP contribution is 2.20. The Hall–Kier alpha value is -3.09. The van der Waals surface area contributed by atoms with Crippen LogP contribution in [0.25, 0.3) is 11.4 Å². The van der Waals surface area contributed by atoms with Crippen LogP contribution in [0.5, 0.6) is 0 Å². The third-order valence-electron chi connectivity index (χ3n) is 3.15. The van der Waals surface area contributed by atoms with Gasteiger partial charge in [0.1, 0.15) is 17.5 Å². The summed E-state index contributed by atoms with van der Waals surface area (Å²) in [4.78, 5) is 16.3. The monoisotopic (exact) mass is 314 g/mol. The van der Waals surface area contributed by atoms with E-state index in [-0.39, 0.29) is 5.56 Å². The van der Waals surface area contributed by atoms with E-state index in [4.69, 9.17) is 0 Å². The molecule has 0 saturated heterocycles. The van der Waals surface area contributed by atoms with Crippen LogP contribution in [-0.2, 0) is 0 Å². The Balaban J connectivity index is 1.84. The number of carbonyl (C=O) groups excluding carboxylic acids is 1. The van der Waals surface area contributed by atoms with Gasteiger partial charge < -0.3 is 5.32 Å². The predicted molar refractivity (Wildman–Crippen MR) is 80.9 cm³/mol. The maximum absolute atomic E-state index is 13.6. The van der Waals surface area contributed by atoms with Gasteiger partial charge in [0.25, 0.3) is 5.91 Å². The van der Waals surface area contributed by atoms with Gasteiger partial charge in [-0.05, 0) is 31.2 Å². The fourth-order valence-electron chi connectivity index (χ4n) is 2.08. The zero-order valence-corrected chi connectivity index (χ0v) is 12.1. The molecule has 7 heteroatoms. The Labute approximate surface area is 130 Å². The first kappa shape index (κ1) is 14.8. The maximum atomic E-state index is 13.6. The lowest BCUT2D eigenvalue weighted by molar-refractivity contribution is 0.102. The molecule has 0 fully saturated rings. The highest BCUT2D eigenvalue weighted by atomic mass is 19.1. The van der Waals surface area contributed by atoms with Crippen molar-refractivity contribution in [3.63, 3.8) is 0 Å². The van der Waals surface area contributed by atoms with E-state index >= 15 is 0 Å². The average Bonchev–Trinajstić information content (AvgIpc) is 2.94. The molecule has 0 saturated carbocycles. The number of aromatic nitrogens is 3. The molecular formula is C16H12F2N4O. The Bertz CT molecular complexity index is 876. The molecule has 1 heterocycles. The van der Waals surface area contributed by atoms with Gasteiger partial charge in [-0.1, -0.05) is 12.1 Å². The molecule has 0 aliphatic heterocycles. The molecule has 0 spiro atoms. The van der Waals surface area contributed by atoms with Crippen LogP contribution in [0.1, 0.15) is 16.2 Å². The molecule has 5 nitrogen and oxygen atoms in total. The third kappa shape index (κ3) is 3.23. The molecule has 3 aromatic rings. The molecule has 0 aliphatic carbocycles. The summed E-state index contributed by atoms with van der Waals surface area (Å²) in [6, 6.07) is 9.63. The zero-order valence-electron chi connectivity index (χ0n) is 12.1. The topological polar surface area (TPSA) is 70.7 Å². The standard InChI is InChI=1S/C16H12F2N4O/c1-9-19-15(22-21-9)10-3-2-4-12(7-10)20-16(23)13-6-5-11(17)8-14(13)18/h2-8H,1H3,(H,20,23)(H,19,21,22). The molecule has 116 valence electrons. The summed E-state index contributed by atoms with van der Waals surface area (Å²) in [7, 11) is 0. The van der Waals surface area contributed by atoms with Crippen LogP contribution in [-0.4, -0.2) is 21.1 Å². The number of aromatic amines is 1. The molecule has 2 N–H and O–H groups in total. The van der Waals surface area contributed by atoms with Gasteiger partial charge in [0.05, 0.1) is 5.56 Å². The number of hydrogen-bond donors (Lipinski definition) is 2. The van der Waals surface area contributed by atoms with Crippen molar-refractivity contribution < 1.29 is 13.6 Å². The number of rotatable bonds is 3. The summed E-state index contributed by atoms with van der Waals surface area (Å²) < 4.78 is 26.5. The second-order valence-corrected chi connectivity index (χ2v) is 4.90. The highest BCUT2D eigenvalue weighted by Gasteiger charge is 2.13.